The number of rotatable bonds is 4. The first kappa shape index (κ1) is 20.2. The number of anilines is 1. The fourth-order valence-corrected chi connectivity index (χ4v) is 6.05. The number of hydrogen-bond donors (Lipinski definition) is 1. The SMILES string of the molecule is O=C(Nc1nc2cc3c(cc2s1)OCCO3)C1CCN(S(=O)(=O)c2cccnc2)CC1. The minimum Gasteiger partial charge on any atom is -0.486 e. The van der Waals surface area contributed by atoms with E-state index in [0.717, 1.165) is 10.2 Å². The van der Waals surface area contributed by atoms with Gasteiger partial charge in [-0.2, -0.15) is 4.31 Å². The average Bonchev–Trinajstić information content (AvgIpc) is 3.19. The molecule has 4 heterocycles. The molecule has 1 amide bonds. The van der Waals surface area contributed by atoms with E-state index in [4.69, 9.17) is 9.47 Å². The molecule has 0 atom stereocenters. The molecule has 31 heavy (non-hydrogen) atoms. The van der Waals surface area contributed by atoms with Gasteiger partial charge in [-0.05, 0) is 25.0 Å². The minimum absolute atomic E-state index is 0.144. The van der Waals surface area contributed by atoms with Gasteiger partial charge >= 0.3 is 0 Å². The van der Waals surface area contributed by atoms with Crippen molar-refractivity contribution in [3.8, 4) is 11.5 Å². The maximum atomic E-state index is 12.8. The Bertz CT molecular complexity index is 1180. The van der Waals surface area contributed by atoms with E-state index in [1.807, 2.05) is 12.1 Å². The fraction of sp³-hybridized carbons (Fsp3) is 0.350. The van der Waals surface area contributed by atoms with Crippen molar-refractivity contribution in [2.24, 2.45) is 5.92 Å². The molecule has 2 aliphatic heterocycles. The van der Waals surface area contributed by atoms with Gasteiger partial charge in [-0.25, -0.2) is 13.4 Å². The number of aromatic nitrogens is 2. The highest BCUT2D eigenvalue weighted by Crippen LogP contribution is 2.38. The first-order valence-corrected chi connectivity index (χ1v) is 12.2. The molecule has 1 N–H and O–H groups in total. The van der Waals surface area contributed by atoms with Crippen LogP contribution in [0.2, 0.25) is 0 Å². The summed E-state index contributed by atoms with van der Waals surface area (Å²) in [7, 11) is -3.59. The molecule has 1 fully saturated rings. The molecule has 11 heteroatoms. The van der Waals surface area contributed by atoms with Crippen LogP contribution in [-0.2, 0) is 14.8 Å². The average molecular weight is 461 g/mol. The van der Waals surface area contributed by atoms with Crippen LogP contribution in [0.15, 0.2) is 41.6 Å². The Hall–Kier alpha value is -2.76. The predicted octanol–water partition coefficient (Wildman–Crippen LogP) is 2.50. The van der Waals surface area contributed by atoms with E-state index in [0.29, 0.717) is 42.7 Å². The van der Waals surface area contributed by atoms with Crippen LogP contribution < -0.4 is 14.8 Å². The molecule has 0 aliphatic carbocycles. The summed E-state index contributed by atoms with van der Waals surface area (Å²) < 4.78 is 38.9. The number of ether oxygens (including phenoxy) is 2. The van der Waals surface area contributed by atoms with Crippen molar-refractivity contribution >= 4 is 42.6 Å². The van der Waals surface area contributed by atoms with Gasteiger partial charge in [0, 0.05) is 43.5 Å². The van der Waals surface area contributed by atoms with Gasteiger partial charge in [-0.3, -0.25) is 9.78 Å². The van der Waals surface area contributed by atoms with Crippen molar-refractivity contribution in [3.63, 3.8) is 0 Å². The number of hydrogen-bond acceptors (Lipinski definition) is 8. The van der Waals surface area contributed by atoms with E-state index < -0.39 is 10.0 Å². The van der Waals surface area contributed by atoms with Crippen molar-refractivity contribution in [1.29, 1.82) is 0 Å². The second kappa shape index (κ2) is 8.06. The van der Waals surface area contributed by atoms with Crippen LogP contribution in [0.5, 0.6) is 11.5 Å². The van der Waals surface area contributed by atoms with Gasteiger partial charge in [-0.1, -0.05) is 11.3 Å². The molecule has 162 valence electrons. The third-order valence-corrected chi connectivity index (χ3v) is 8.20. The Morgan fingerprint density at radius 2 is 1.90 bits per heavy atom. The van der Waals surface area contributed by atoms with Crippen molar-refractivity contribution < 1.29 is 22.7 Å². The Kier molecular flexibility index (Phi) is 5.24. The smallest absolute Gasteiger partial charge is 0.244 e. The molecule has 0 saturated carbocycles. The largest absolute Gasteiger partial charge is 0.486 e. The number of carbonyl (C=O) groups is 1. The molecule has 2 aliphatic rings. The molecule has 3 aromatic rings. The van der Waals surface area contributed by atoms with Gasteiger partial charge in [0.1, 0.15) is 18.1 Å². The Balaban J connectivity index is 1.24. The number of amides is 1. The fourth-order valence-electron chi connectivity index (χ4n) is 3.73. The lowest BCUT2D eigenvalue weighted by Gasteiger charge is -2.30. The van der Waals surface area contributed by atoms with Gasteiger partial charge in [-0.15, -0.1) is 0 Å². The summed E-state index contributed by atoms with van der Waals surface area (Å²) in [5.74, 6) is 0.925. The molecule has 0 radical (unpaired) electrons. The lowest BCUT2D eigenvalue weighted by Crippen LogP contribution is -2.41. The highest BCUT2D eigenvalue weighted by Gasteiger charge is 2.32. The van der Waals surface area contributed by atoms with Crippen LogP contribution in [-0.4, -0.2) is 54.9 Å². The highest BCUT2D eigenvalue weighted by molar-refractivity contribution is 7.89. The number of carbonyl (C=O) groups excluding carboxylic acids is 1. The van der Waals surface area contributed by atoms with Crippen molar-refractivity contribution in [1.82, 2.24) is 14.3 Å². The van der Waals surface area contributed by atoms with E-state index in [1.165, 1.54) is 34.1 Å². The number of piperidine rings is 1. The summed E-state index contributed by atoms with van der Waals surface area (Å²) in [6.45, 7) is 1.59. The van der Waals surface area contributed by atoms with Gasteiger partial charge in [0.25, 0.3) is 0 Å². The molecule has 9 nitrogen and oxygen atoms in total. The van der Waals surface area contributed by atoms with Crippen molar-refractivity contribution in [3.05, 3.63) is 36.7 Å². The maximum Gasteiger partial charge on any atom is 0.244 e. The summed E-state index contributed by atoms with van der Waals surface area (Å²) in [6, 6.07) is 6.82. The first-order chi connectivity index (χ1) is 15.0. The van der Waals surface area contributed by atoms with Crippen LogP contribution in [0.25, 0.3) is 10.2 Å². The number of benzene rings is 1. The monoisotopic (exact) mass is 460 g/mol. The van der Waals surface area contributed by atoms with Crippen molar-refractivity contribution in [2.45, 2.75) is 17.7 Å². The summed E-state index contributed by atoms with van der Waals surface area (Å²) in [6.07, 6.45) is 3.78. The number of sulfonamides is 1. The third-order valence-electron chi connectivity index (χ3n) is 5.38. The van der Waals surface area contributed by atoms with Gasteiger partial charge < -0.3 is 14.8 Å². The van der Waals surface area contributed by atoms with E-state index >= 15 is 0 Å². The van der Waals surface area contributed by atoms with E-state index in [1.54, 1.807) is 6.07 Å². The zero-order valence-corrected chi connectivity index (χ0v) is 18.1. The standard InChI is InChI=1S/C20H20N4O5S2/c25-19(13-3-6-24(7-4-13)31(26,27)14-2-1-5-21-12-14)23-20-22-15-10-16-17(11-18(15)30-20)29-9-8-28-16/h1-2,5,10-13H,3-4,6-9H2,(H,22,23,25). The van der Waals surface area contributed by atoms with Crippen molar-refractivity contribution in [2.75, 3.05) is 31.6 Å². The molecule has 0 unspecified atom stereocenters. The van der Waals surface area contributed by atoms with Gasteiger partial charge in [0.2, 0.25) is 15.9 Å². The minimum atomic E-state index is -3.59. The zero-order chi connectivity index (χ0) is 21.4. The van der Waals surface area contributed by atoms with E-state index in [2.05, 4.69) is 15.3 Å². The molecule has 1 aromatic carbocycles. The lowest BCUT2D eigenvalue weighted by molar-refractivity contribution is -0.120. The van der Waals surface area contributed by atoms with Gasteiger partial charge in [0.15, 0.2) is 16.6 Å². The third kappa shape index (κ3) is 3.95. The number of fused-ring (bicyclic) bond motifs is 2. The normalized spacial score (nSPS) is 17.5. The highest BCUT2D eigenvalue weighted by atomic mass is 32.2. The Labute approximate surface area is 183 Å². The topological polar surface area (TPSA) is 111 Å². The predicted molar refractivity (Wildman–Crippen MR) is 115 cm³/mol. The molecule has 2 aromatic heterocycles. The van der Waals surface area contributed by atoms with Crippen LogP contribution in [0, 0.1) is 5.92 Å². The molecule has 0 bridgehead atoms. The lowest BCUT2D eigenvalue weighted by atomic mass is 9.97. The van der Waals surface area contributed by atoms with Gasteiger partial charge in [0.05, 0.1) is 10.2 Å². The summed E-state index contributed by atoms with van der Waals surface area (Å²) in [5.41, 5.74) is 0.738. The number of nitrogens with one attached hydrogen (secondary N) is 1. The second-order valence-corrected chi connectivity index (χ2v) is 10.3. The van der Waals surface area contributed by atoms with Crippen LogP contribution in [0.4, 0.5) is 5.13 Å². The van der Waals surface area contributed by atoms with Crippen LogP contribution >= 0.6 is 11.3 Å². The van der Waals surface area contributed by atoms with E-state index in [9.17, 15) is 13.2 Å². The Morgan fingerprint density at radius 1 is 1.16 bits per heavy atom. The second-order valence-electron chi connectivity index (χ2n) is 7.34. The summed E-state index contributed by atoms with van der Waals surface area (Å²) in [4.78, 5) is 21.3. The quantitative estimate of drug-likeness (QED) is 0.637. The Morgan fingerprint density at radius 3 is 2.61 bits per heavy atom. The first-order valence-electron chi connectivity index (χ1n) is 9.92. The van der Waals surface area contributed by atoms with Crippen LogP contribution in [0.3, 0.4) is 0 Å². The number of pyridine rings is 1. The zero-order valence-electron chi connectivity index (χ0n) is 16.5. The molecular weight excluding hydrogens is 440 g/mol. The van der Waals surface area contributed by atoms with E-state index in [-0.39, 0.29) is 29.8 Å². The van der Waals surface area contributed by atoms with Crippen LogP contribution in [0.1, 0.15) is 12.8 Å². The number of nitrogens with zero attached hydrogens (tertiary/aromatic N) is 3. The molecule has 1 saturated heterocycles. The summed E-state index contributed by atoms with van der Waals surface area (Å²) >= 11 is 1.37. The number of thiazole rings is 1. The maximum absolute atomic E-state index is 12.8. The molecular formula is C20H20N4O5S2. The molecule has 0 spiro atoms. The summed E-state index contributed by atoms with van der Waals surface area (Å²) in [5, 5.41) is 3.39. The molecule has 5 rings (SSSR count).